The fourth-order valence-electron chi connectivity index (χ4n) is 5.04. The molecule has 5 heteroatoms. The van der Waals surface area contributed by atoms with Crippen LogP contribution >= 0.6 is 0 Å². The average Bonchev–Trinajstić information content (AvgIpc) is 3.25. The zero-order chi connectivity index (χ0) is 21.8. The SMILES string of the molecule is CCc1ccc2c(N3CC4CCNCC4C3)cc(C(/C=C\C(CC)NC)=C/N)nc2c1. The summed E-state index contributed by atoms with van der Waals surface area (Å²) < 4.78 is 0. The van der Waals surface area contributed by atoms with Gasteiger partial charge >= 0.3 is 0 Å². The molecular formula is C26H37N5. The Hall–Kier alpha value is -2.37. The third-order valence-electron chi connectivity index (χ3n) is 7.07. The van der Waals surface area contributed by atoms with Crippen molar-refractivity contribution in [1.82, 2.24) is 15.6 Å². The van der Waals surface area contributed by atoms with Crippen LogP contribution in [0.5, 0.6) is 0 Å². The first-order valence-corrected chi connectivity index (χ1v) is 11.8. The van der Waals surface area contributed by atoms with Gasteiger partial charge in [0.05, 0.1) is 11.2 Å². The van der Waals surface area contributed by atoms with Crippen LogP contribution in [0.2, 0.25) is 0 Å². The van der Waals surface area contributed by atoms with Crippen LogP contribution in [0, 0.1) is 11.8 Å². The number of pyridine rings is 1. The molecule has 0 radical (unpaired) electrons. The Bertz CT molecular complexity index is 946. The van der Waals surface area contributed by atoms with Crippen LogP contribution < -0.4 is 21.3 Å². The van der Waals surface area contributed by atoms with Gasteiger partial charge in [0.25, 0.3) is 0 Å². The molecule has 2 fully saturated rings. The highest BCUT2D eigenvalue weighted by molar-refractivity contribution is 5.94. The van der Waals surface area contributed by atoms with Crippen molar-refractivity contribution in [2.24, 2.45) is 17.6 Å². The van der Waals surface area contributed by atoms with Crippen molar-refractivity contribution in [3.8, 4) is 0 Å². The largest absolute Gasteiger partial charge is 0.404 e. The number of likely N-dealkylation sites (N-methyl/N-ethyl adjacent to an activating group) is 1. The molecule has 0 bridgehead atoms. The minimum absolute atomic E-state index is 0.329. The van der Waals surface area contributed by atoms with Crippen LogP contribution in [0.25, 0.3) is 16.5 Å². The van der Waals surface area contributed by atoms with E-state index in [1.165, 1.54) is 23.1 Å². The highest BCUT2D eigenvalue weighted by Crippen LogP contribution is 2.37. The molecular weight excluding hydrogens is 382 g/mol. The molecule has 3 atom stereocenters. The Labute approximate surface area is 186 Å². The van der Waals surface area contributed by atoms with Crippen LogP contribution in [0.15, 0.2) is 42.6 Å². The lowest BCUT2D eigenvalue weighted by Gasteiger charge is -2.23. The number of nitrogens with zero attached hydrogens (tertiary/aromatic N) is 2. The van der Waals surface area contributed by atoms with E-state index in [1.807, 2.05) is 7.05 Å². The van der Waals surface area contributed by atoms with E-state index >= 15 is 0 Å². The Morgan fingerprint density at radius 3 is 2.84 bits per heavy atom. The Balaban J connectivity index is 1.75. The van der Waals surface area contributed by atoms with E-state index in [0.29, 0.717) is 6.04 Å². The fraction of sp³-hybridized carbons (Fsp3) is 0.500. The van der Waals surface area contributed by atoms with E-state index in [4.69, 9.17) is 10.7 Å². The van der Waals surface area contributed by atoms with Gasteiger partial charge in [0, 0.05) is 42.0 Å². The van der Waals surface area contributed by atoms with Gasteiger partial charge in [-0.2, -0.15) is 0 Å². The van der Waals surface area contributed by atoms with Gasteiger partial charge in [0.2, 0.25) is 0 Å². The number of aryl methyl sites for hydroxylation is 1. The number of fused-ring (bicyclic) bond motifs is 2. The maximum Gasteiger partial charge on any atom is 0.0744 e. The number of aromatic nitrogens is 1. The number of hydrogen-bond donors (Lipinski definition) is 3. The van der Waals surface area contributed by atoms with E-state index in [9.17, 15) is 0 Å². The molecule has 1 aromatic heterocycles. The van der Waals surface area contributed by atoms with Crippen LogP contribution in [-0.4, -0.2) is 44.3 Å². The van der Waals surface area contributed by atoms with E-state index in [2.05, 4.69) is 65.8 Å². The molecule has 4 N–H and O–H groups in total. The number of nitrogens with two attached hydrogens (primary N) is 1. The zero-order valence-corrected chi connectivity index (χ0v) is 19.2. The first-order chi connectivity index (χ1) is 15.2. The van der Waals surface area contributed by atoms with Gasteiger partial charge < -0.3 is 21.3 Å². The number of piperidine rings is 1. The van der Waals surface area contributed by atoms with E-state index in [0.717, 1.165) is 67.6 Å². The highest BCUT2D eigenvalue weighted by atomic mass is 15.2. The van der Waals surface area contributed by atoms with Crippen molar-refractivity contribution in [1.29, 1.82) is 0 Å². The Kier molecular flexibility index (Phi) is 6.93. The number of allylic oxidation sites excluding steroid dienone is 2. The second-order valence-electron chi connectivity index (χ2n) is 8.93. The normalized spacial score (nSPS) is 22.9. The maximum atomic E-state index is 6.08. The predicted molar refractivity (Wildman–Crippen MR) is 132 cm³/mol. The van der Waals surface area contributed by atoms with Crippen molar-refractivity contribution in [2.45, 2.75) is 39.2 Å². The van der Waals surface area contributed by atoms with Gasteiger partial charge in [-0.25, -0.2) is 4.98 Å². The molecule has 0 amide bonds. The van der Waals surface area contributed by atoms with E-state index < -0.39 is 0 Å². The number of benzene rings is 1. The molecule has 0 spiro atoms. The molecule has 2 aliphatic heterocycles. The first kappa shape index (κ1) is 21.8. The van der Waals surface area contributed by atoms with Crippen molar-refractivity contribution < 1.29 is 0 Å². The smallest absolute Gasteiger partial charge is 0.0744 e. The quantitative estimate of drug-likeness (QED) is 0.597. The summed E-state index contributed by atoms with van der Waals surface area (Å²) >= 11 is 0. The van der Waals surface area contributed by atoms with Gasteiger partial charge in [0.1, 0.15) is 0 Å². The fourth-order valence-corrected chi connectivity index (χ4v) is 5.04. The molecule has 31 heavy (non-hydrogen) atoms. The van der Waals surface area contributed by atoms with Crippen molar-refractivity contribution in [3.63, 3.8) is 0 Å². The molecule has 3 unspecified atom stereocenters. The number of hydrogen-bond acceptors (Lipinski definition) is 5. The molecule has 5 nitrogen and oxygen atoms in total. The van der Waals surface area contributed by atoms with Crippen LogP contribution in [-0.2, 0) is 6.42 Å². The van der Waals surface area contributed by atoms with E-state index in [1.54, 1.807) is 6.20 Å². The summed E-state index contributed by atoms with van der Waals surface area (Å²) in [6, 6.07) is 9.33. The summed E-state index contributed by atoms with van der Waals surface area (Å²) in [6.45, 7) is 8.90. The van der Waals surface area contributed by atoms with Crippen molar-refractivity contribution in [2.75, 3.05) is 38.1 Å². The number of rotatable bonds is 7. The van der Waals surface area contributed by atoms with Crippen molar-refractivity contribution >= 4 is 22.2 Å². The molecule has 0 aliphatic carbocycles. The molecule has 1 aromatic carbocycles. The maximum absolute atomic E-state index is 6.08. The highest BCUT2D eigenvalue weighted by Gasteiger charge is 2.35. The summed E-state index contributed by atoms with van der Waals surface area (Å²) in [5.74, 6) is 1.52. The van der Waals surface area contributed by atoms with Gasteiger partial charge in [-0.1, -0.05) is 38.1 Å². The average molecular weight is 420 g/mol. The Morgan fingerprint density at radius 1 is 1.29 bits per heavy atom. The van der Waals surface area contributed by atoms with Crippen LogP contribution in [0.3, 0.4) is 0 Å². The molecule has 2 saturated heterocycles. The van der Waals surface area contributed by atoms with Gasteiger partial charge in [0.15, 0.2) is 0 Å². The summed E-state index contributed by atoms with van der Waals surface area (Å²) in [4.78, 5) is 7.63. The third-order valence-corrected chi connectivity index (χ3v) is 7.07. The lowest BCUT2D eigenvalue weighted by Crippen LogP contribution is -2.35. The minimum Gasteiger partial charge on any atom is -0.404 e. The Morgan fingerprint density at radius 2 is 2.13 bits per heavy atom. The molecule has 166 valence electrons. The van der Waals surface area contributed by atoms with Gasteiger partial charge in [-0.15, -0.1) is 0 Å². The topological polar surface area (TPSA) is 66.2 Å². The summed E-state index contributed by atoms with van der Waals surface area (Å²) in [7, 11) is 1.99. The molecule has 0 saturated carbocycles. The zero-order valence-electron chi connectivity index (χ0n) is 19.2. The summed E-state index contributed by atoms with van der Waals surface area (Å²) in [6.07, 6.45) is 9.30. The number of anilines is 1. The molecule has 2 aromatic rings. The predicted octanol–water partition coefficient (Wildman–Crippen LogP) is 3.70. The minimum atomic E-state index is 0.329. The molecule has 4 rings (SSSR count). The number of nitrogens with one attached hydrogen (secondary N) is 2. The molecule has 2 aliphatic rings. The molecule has 3 heterocycles. The van der Waals surface area contributed by atoms with Gasteiger partial charge in [-0.3, -0.25) is 0 Å². The second-order valence-corrected chi connectivity index (χ2v) is 8.93. The standard InChI is InChI=1S/C26H37N5/c1-4-18-6-9-23-25(12-18)30-24(19(14-27)7-8-22(5-2)28-3)13-26(23)31-16-20-10-11-29-15-21(20)17-31/h6-9,12-14,20-22,28-29H,4-5,10-11,15-17,27H2,1-3H3/b8-7-,19-14+. The monoisotopic (exact) mass is 419 g/mol. The van der Waals surface area contributed by atoms with Crippen molar-refractivity contribution in [3.05, 3.63) is 53.9 Å². The third kappa shape index (κ3) is 4.63. The summed E-state index contributed by atoms with van der Waals surface area (Å²) in [5, 5.41) is 8.15. The summed E-state index contributed by atoms with van der Waals surface area (Å²) in [5.41, 5.74) is 11.7. The van der Waals surface area contributed by atoms with Crippen LogP contribution in [0.1, 0.15) is 37.9 Å². The second kappa shape index (κ2) is 9.84. The van der Waals surface area contributed by atoms with Crippen LogP contribution in [0.4, 0.5) is 5.69 Å². The van der Waals surface area contributed by atoms with E-state index in [-0.39, 0.29) is 0 Å². The lowest BCUT2D eigenvalue weighted by molar-refractivity contribution is 0.318. The first-order valence-electron chi connectivity index (χ1n) is 11.8. The lowest BCUT2D eigenvalue weighted by atomic mass is 9.90. The van der Waals surface area contributed by atoms with Gasteiger partial charge in [-0.05, 0) is 68.9 Å².